The van der Waals surface area contributed by atoms with Gasteiger partial charge in [0.2, 0.25) is 5.91 Å². The van der Waals surface area contributed by atoms with Gasteiger partial charge in [0.05, 0.1) is 6.42 Å². The number of nitrogens with one attached hydrogen (secondary N) is 2. The van der Waals surface area contributed by atoms with E-state index in [-0.39, 0.29) is 18.0 Å². The zero-order valence-corrected chi connectivity index (χ0v) is 9.19. The Kier molecular flexibility index (Phi) is 4.21. The molecule has 0 aliphatic rings. The molecule has 3 N–H and O–H groups in total. The standard InChI is InChI=1S/C11H12N2O4/c1-7(14)5-10(16)13-11(17)12-8-3-2-4-9(15)6-8/h2-4,6,15H,5H2,1H3,(H2,12,13,16,17). The summed E-state index contributed by atoms with van der Waals surface area (Å²) in [5.41, 5.74) is 0.345. The number of Topliss-reactive ketones (excluding diaryl/α,β-unsaturated/α-hetero) is 1. The van der Waals surface area contributed by atoms with E-state index in [9.17, 15) is 14.4 Å². The van der Waals surface area contributed by atoms with Crippen LogP contribution in [0.25, 0.3) is 0 Å². The molecule has 1 aromatic rings. The number of hydrogen-bond acceptors (Lipinski definition) is 4. The van der Waals surface area contributed by atoms with E-state index in [4.69, 9.17) is 5.11 Å². The Morgan fingerprint density at radius 1 is 1.29 bits per heavy atom. The van der Waals surface area contributed by atoms with E-state index in [1.165, 1.54) is 19.1 Å². The van der Waals surface area contributed by atoms with Crippen LogP contribution in [0, 0.1) is 0 Å². The summed E-state index contributed by atoms with van der Waals surface area (Å²) in [6.07, 6.45) is -0.340. The second-order valence-electron chi connectivity index (χ2n) is 3.43. The molecule has 0 fully saturated rings. The van der Waals surface area contributed by atoms with Crippen molar-refractivity contribution in [1.29, 1.82) is 0 Å². The summed E-state index contributed by atoms with van der Waals surface area (Å²) in [5, 5.41) is 13.5. The van der Waals surface area contributed by atoms with E-state index in [0.717, 1.165) is 0 Å². The molecule has 1 rings (SSSR count). The number of imide groups is 1. The number of phenolic OH excluding ortho intramolecular Hbond substituents is 1. The van der Waals surface area contributed by atoms with Gasteiger partial charge in [0.25, 0.3) is 0 Å². The summed E-state index contributed by atoms with van der Waals surface area (Å²) in [6, 6.07) is 5.12. The average Bonchev–Trinajstić information content (AvgIpc) is 2.14. The number of anilines is 1. The molecule has 0 bridgehead atoms. The number of amides is 3. The Balaban J connectivity index is 2.50. The first-order chi connectivity index (χ1) is 7.97. The highest BCUT2D eigenvalue weighted by atomic mass is 16.3. The highest BCUT2D eigenvalue weighted by molar-refractivity contribution is 6.06. The van der Waals surface area contributed by atoms with Crippen LogP contribution >= 0.6 is 0 Å². The first-order valence-electron chi connectivity index (χ1n) is 4.86. The third-order valence-corrected chi connectivity index (χ3v) is 1.77. The Labute approximate surface area is 97.6 Å². The molecule has 90 valence electrons. The van der Waals surface area contributed by atoms with Crippen LogP contribution in [0.3, 0.4) is 0 Å². The largest absolute Gasteiger partial charge is 0.508 e. The first-order valence-corrected chi connectivity index (χ1v) is 4.86. The summed E-state index contributed by atoms with van der Waals surface area (Å²) < 4.78 is 0. The minimum absolute atomic E-state index is 0.00198. The van der Waals surface area contributed by atoms with Gasteiger partial charge in [0.1, 0.15) is 11.5 Å². The van der Waals surface area contributed by atoms with Gasteiger partial charge in [0.15, 0.2) is 0 Å². The van der Waals surface area contributed by atoms with Gasteiger partial charge in [-0.25, -0.2) is 4.79 Å². The smallest absolute Gasteiger partial charge is 0.325 e. The first kappa shape index (κ1) is 12.7. The maximum absolute atomic E-state index is 11.3. The van der Waals surface area contributed by atoms with Crippen molar-refractivity contribution in [3.05, 3.63) is 24.3 Å². The van der Waals surface area contributed by atoms with Crippen LogP contribution in [0.4, 0.5) is 10.5 Å². The van der Waals surface area contributed by atoms with Gasteiger partial charge in [0, 0.05) is 11.8 Å². The van der Waals surface area contributed by atoms with E-state index in [1.54, 1.807) is 12.1 Å². The van der Waals surface area contributed by atoms with Gasteiger partial charge in [-0.15, -0.1) is 0 Å². The molecule has 0 aromatic heterocycles. The van der Waals surface area contributed by atoms with Crippen LogP contribution in [0.5, 0.6) is 5.75 Å². The third kappa shape index (κ3) is 4.78. The molecule has 6 heteroatoms. The molecule has 3 amide bonds. The lowest BCUT2D eigenvalue weighted by Gasteiger charge is -2.06. The molecule has 0 saturated heterocycles. The van der Waals surface area contributed by atoms with Crippen LogP contribution in [0.2, 0.25) is 0 Å². The van der Waals surface area contributed by atoms with Crippen molar-refractivity contribution in [1.82, 2.24) is 5.32 Å². The molecule has 1 aromatic carbocycles. The Bertz CT molecular complexity index is 457. The lowest BCUT2D eigenvalue weighted by Crippen LogP contribution is -2.35. The Hall–Kier alpha value is -2.37. The molecule has 0 unspecified atom stereocenters. The molecule has 0 atom stereocenters. The number of benzene rings is 1. The van der Waals surface area contributed by atoms with Crippen LogP contribution in [-0.4, -0.2) is 22.8 Å². The third-order valence-electron chi connectivity index (χ3n) is 1.77. The van der Waals surface area contributed by atoms with Crippen molar-refractivity contribution < 1.29 is 19.5 Å². The number of aromatic hydroxyl groups is 1. The predicted octanol–water partition coefficient (Wildman–Crippen LogP) is 1.02. The highest BCUT2D eigenvalue weighted by Gasteiger charge is 2.09. The van der Waals surface area contributed by atoms with Crippen molar-refractivity contribution in [3.8, 4) is 5.75 Å². The quantitative estimate of drug-likeness (QED) is 0.683. The maximum Gasteiger partial charge on any atom is 0.325 e. The number of carbonyl (C=O) groups excluding carboxylic acids is 3. The second kappa shape index (κ2) is 5.64. The number of hydrogen-bond donors (Lipinski definition) is 3. The molecule has 0 aliphatic carbocycles. The summed E-state index contributed by atoms with van der Waals surface area (Å²) in [4.78, 5) is 33.0. The van der Waals surface area contributed by atoms with Crippen molar-refractivity contribution in [2.75, 3.05) is 5.32 Å². The van der Waals surface area contributed by atoms with Gasteiger partial charge in [-0.1, -0.05) is 6.07 Å². The van der Waals surface area contributed by atoms with Gasteiger partial charge in [-0.05, 0) is 19.1 Å². The number of rotatable bonds is 3. The van der Waals surface area contributed by atoms with Gasteiger partial charge in [-0.3, -0.25) is 14.9 Å². The zero-order chi connectivity index (χ0) is 12.8. The molecule has 17 heavy (non-hydrogen) atoms. The fourth-order valence-corrected chi connectivity index (χ4v) is 1.14. The van der Waals surface area contributed by atoms with Crippen molar-refractivity contribution in [3.63, 3.8) is 0 Å². The van der Waals surface area contributed by atoms with Crippen LogP contribution < -0.4 is 10.6 Å². The van der Waals surface area contributed by atoms with Crippen molar-refractivity contribution in [2.24, 2.45) is 0 Å². The van der Waals surface area contributed by atoms with E-state index in [1.807, 2.05) is 5.32 Å². The number of carbonyl (C=O) groups is 3. The van der Waals surface area contributed by atoms with E-state index in [0.29, 0.717) is 5.69 Å². The summed E-state index contributed by atoms with van der Waals surface area (Å²) in [5.74, 6) is -0.999. The molecular formula is C11H12N2O4. The summed E-state index contributed by atoms with van der Waals surface area (Å²) in [7, 11) is 0. The predicted molar refractivity (Wildman–Crippen MR) is 60.6 cm³/mol. The van der Waals surface area contributed by atoms with E-state index < -0.39 is 11.9 Å². The lowest BCUT2D eigenvalue weighted by molar-refractivity contribution is -0.126. The Morgan fingerprint density at radius 3 is 2.59 bits per heavy atom. The van der Waals surface area contributed by atoms with Crippen molar-refractivity contribution in [2.45, 2.75) is 13.3 Å². The molecule has 0 spiro atoms. The summed E-state index contributed by atoms with van der Waals surface area (Å²) in [6.45, 7) is 1.26. The maximum atomic E-state index is 11.3. The zero-order valence-electron chi connectivity index (χ0n) is 9.19. The number of ketones is 1. The average molecular weight is 236 g/mol. The molecular weight excluding hydrogens is 224 g/mol. The molecule has 0 saturated carbocycles. The molecule has 0 heterocycles. The van der Waals surface area contributed by atoms with Gasteiger partial charge >= 0.3 is 6.03 Å². The normalized spacial score (nSPS) is 9.47. The Morgan fingerprint density at radius 2 is 2.00 bits per heavy atom. The number of urea groups is 1. The molecule has 0 aliphatic heterocycles. The topological polar surface area (TPSA) is 95.5 Å². The molecule has 0 radical (unpaired) electrons. The lowest BCUT2D eigenvalue weighted by atomic mass is 10.3. The van der Waals surface area contributed by atoms with Gasteiger partial charge < -0.3 is 10.4 Å². The van der Waals surface area contributed by atoms with Gasteiger partial charge in [-0.2, -0.15) is 0 Å². The minimum atomic E-state index is -0.748. The second-order valence-corrected chi connectivity index (χ2v) is 3.43. The van der Waals surface area contributed by atoms with Crippen LogP contribution in [0.15, 0.2) is 24.3 Å². The van der Waals surface area contributed by atoms with E-state index in [2.05, 4.69) is 5.32 Å². The highest BCUT2D eigenvalue weighted by Crippen LogP contribution is 2.14. The fraction of sp³-hybridized carbons (Fsp3) is 0.182. The monoisotopic (exact) mass is 236 g/mol. The van der Waals surface area contributed by atoms with Crippen LogP contribution in [-0.2, 0) is 9.59 Å². The summed E-state index contributed by atoms with van der Waals surface area (Å²) >= 11 is 0. The SMILES string of the molecule is CC(=O)CC(=O)NC(=O)Nc1cccc(O)c1. The van der Waals surface area contributed by atoms with E-state index >= 15 is 0 Å². The van der Waals surface area contributed by atoms with Crippen molar-refractivity contribution >= 4 is 23.4 Å². The van der Waals surface area contributed by atoms with Crippen LogP contribution in [0.1, 0.15) is 13.3 Å². The number of phenols is 1. The molecule has 6 nitrogen and oxygen atoms in total. The minimum Gasteiger partial charge on any atom is -0.508 e. The fourth-order valence-electron chi connectivity index (χ4n) is 1.14.